The summed E-state index contributed by atoms with van der Waals surface area (Å²) in [6.07, 6.45) is 0.244. The van der Waals surface area contributed by atoms with E-state index in [9.17, 15) is 0 Å². The second-order valence-corrected chi connectivity index (χ2v) is 6.10. The van der Waals surface area contributed by atoms with Gasteiger partial charge in [-0.15, -0.1) is 0 Å². The molecular weight excluding hydrogens is 280 g/mol. The molecule has 0 bridgehead atoms. The zero-order valence-electron chi connectivity index (χ0n) is 12.7. The van der Waals surface area contributed by atoms with Crippen molar-refractivity contribution in [3.63, 3.8) is 0 Å². The van der Waals surface area contributed by atoms with E-state index in [4.69, 9.17) is 4.74 Å². The number of hydrogen-bond acceptors (Lipinski definition) is 1. The van der Waals surface area contributed by atoms with E-state index in [1.807, 2.05) is 0 Å². The summed E-state index contributed by atoms with van der Waals surface area (Å²) in [6, 6.07) is 28.2. The van der Waals surface area contributed by atoms with Crippen LogP contribution in [-0.4, -0.2) is 6.61 Å². The molecule has 1 atom stereocenters. The fraction of sp³-hybridized carbons (Fsp3) is 0.0909. The predicted octanol–water partition coefficient (Wildman–Crippen LogP) is 5.73. The Hall–Kier alpha value is -2.64. The Balaban J connectivity index is 1.93. The molecule has 0 aliphatic carbocycles. The molecule has 0 radical (unpaired) electrons. The lowest BCUT2D eigenvalue weighted by Crippen LogP contribution is -1.91. The SMILES string of the molecule is c1ccc2c(-c3c(C4CO4)ccc4ccccc34)cccc2c1. The van der Waals surface area contributed by atoms with Crippen molar-refractivity contribution in [1.29, 1.82) is 0 Å². The predicted molar refractivity (Wildman–Crippen MR) is 95.6 cm³/mol. The smallest absolute Gasteiger partial charge is 0.107 e. The molecule has 1 fully saturated rings. The topological polar surface area (TPSA) is 12.5 Å². The minimum absolute atomic E-state index is 0.244. The van der Waals surface area contributed by atoms with Gasteiger partial charge in [0.25, 0.3) is 0 Å². The van der Waals surface area contributed by atoms with Crippen LogP contribution in [0.5, 0.6) is 0 Å². The third-order valence-electron chi connectivity index (χ3n) is 4.70. The van der Waals surface area contributed by atoms with Gasteiger partial charge in [0.05, 0.1) is 6.61 Å². The summed E-state index contributed by atoms with van der Waals surface area (Å²) in [5.74, 6) is 0. The highest BCUT2D eigenvalue weighted by atomic mass is 16.6. The number of rotatable bonds is 2. The molecule has 1 unspecified atom stereocenters. The van der Waals surface area contributed by atoms with Gasteiger partial charge in [-0.3, -0.25) is 0 Å². The third-order valence-corrected chi connectivity index (χ3v) is 4.70. The van der Waals surface area contributed by atoms with Gasteiger partial charge >= 0.3 is 0 Å². The van der Waals surface area contributed by atoms with Crippen LogP contribution in [-0.2, 0) is 4.74 Å². The Labute approximate surface area is 135 Å². The van der Waals surface area contributed by atoms with Gasteiger partial charge in [-0.2, -0.15) is 0 Å². The molecule has 0 saturated carbocycles. The molecule has 1 heterocycles. The highest BCUT2D eigenvalue weighted by Crippen LogP contribution is 2.43. The maximum Gasteiger partial charge on any atom is 0.107 e. The van der Waals surface area contributed by atoms with Gasteiger partial charge in [0.2, 0.25) is 0 Å². The van der Waals surface area contributed by atoms with Crippen molar-refractivity contribution >= 4 is 21.5 Å². The first-order valence-electron chi connectivity index (χ1n) is 8.03. The lowest BCUT2D eigenvalue weighted by molar-refractivity contribution is 0.416. The minimum Gasteiger partial charge on any atom is -0.368 e. The quantitative estimate of drug-likeness (QED) is 0.430. The maximum atomic E-state index is 5.62. The molecule has 0 amide bonds. The van der Waals surface area contributed by atoms with E-state index in [0.29, 0.717) is 0 Å². The second kappa shape index (κ2) is 4.94. The first-order chi connectivity index (χ1) is 11.4. The van der Waals surface area contributed by atoms with Crippen LogP contribution in [0.15, 0.2) is 78.9 Å². The van der Waals surface area contributed by atoms with Crippen LogP contribution in [0.25, 0.3) is 32.7 Å². The Kier molecular flexibility index (Phi) is 2.76. The molecule has 0 spiro atoms. The van der Waals surface area contributed by atoms with Crippen molar-refractivity contribution in [2.45, 2.75) is 6.10 Å². The number of hydrogen-bond donors (Lipinski definition) is 0. The monoisotopic (exact) mass is 296 g/mol. The summed E-state index contributed by atoms with van der Waals surface area (Å²) in [7, 11) is 0. The molecule has 1 saturated heterocycles. The molecule has 1 heteroatoms. The summed E-state index contributed by atoms with van der Waals surface area (Å²) in [6.45, 7) is 0.829. The number of epoxide rings is 1. The highest BCUT2D eigenvalue weighted by molar-refractivity contribution is 6.06. The summed E-state index contributed by atoms with van der Waals surface area (Å²) in [5, 5.41) is 5.16. The minimum atomic E-state index is 0.244. The van der Waals surface area contributed by atoms with Crippen LogP contribution in [0.1, 0.15) is 11.7 Å². The molecule has 1 aliphatic heterocycles. The molecule has 5 rings (SSSR count). The van der Waals surface area contributed by atoms with Crippen LogP contribution in [0.3, 0.4) is 0 Å². The molecule has 1 aliphatic rings. The van der Waals surface area contributed by atoms with Gasteiger partial charge in [0.15, 0.2) is 0 Å². The van der Waals surface area contributed by atoms with Gasteiger partial charge in [0.1, 0.15) is 6.10 Å². The van der Waals surface area contributed by atoms with Crippen molar-refractivity contribution in [2.24, 2.45) is 0 Å². The van der Waals surface area contributed by atoms with Crippen molar-refractivity contribution in [3.8, 4) is 11.1 Å². The summed E-state index contributed by atoms with van der Waals surface area (Å²) >= 11 is 0. The first-order valence-corrected chi connectivity index (χ1v) is 8.03. The molecule has 0 N–H and O–H groups in total. The largest absolute Gasteiger partial charge is 0.368 e. The second-order valence-electron chi connectivity index (χ2n) is 6.10. The Bertz CT molecular complexity index is 1020. The van der Waals surface area contributed by atoms with Crippen LogP contribution in [0, 0.1) is 0 Å². The Morgan fingerprint density at radius 1 is 0.652 bits per heavy atom. The van der Waals surface area contributed by atoms with Gasteiger partial charge in [0, 0.05) is 0 Å². The van der Waals surface area contributed by atoms with E-state index in [0.717, 1.165) is 6.61 Å². The first kappa shape index (κ1) is 12.9. The molecule has 4 aromatic carbocycles. The molecule has 0 aromatic heterocycles. The van der Waals surface area contributed by atoms with Crippen molar-refractivity contribution < 1.29 is 4.74 Å². The molecule has 23 heavy (non-hydrogen) atoms. The zero-order valence-corrected chi connectivity index (χ0v) is 12.7. The van der Waals surface area contributed by atoms with E-state index in [1.165, 1.54) is 38.2 Å². The standard InChI is InChI=1S/C22H16O/c1-3-9-17-15(6-1)8-5-11-19(17)22-18-10-4-2-7-16(18)12-13-20(22)21-14-23-21/h1-13,21H,14H2. The van der Waals surface area contributed by atoms with Crippen LogP contribution in [0.4, 0.5) is 0 Å². The summed E-state index contributed by atoms with van der Waals surface area (Å²) in [4.78, 5) is 0. The highest BCUT2D eigenvalue weighted by Gasteiger charge is 2.29. The van der Waals surface area contributed by atoms with Gasteiger partial charge < -0.3 is 4.74 Å². The Morgan fingerprint density at radius 2 is 1.30 bits per heavy atom. The lowest BCUT2D eigenvalue weighted by Gasteiger charge is -2.14. The van der Waals surface area contributed by atoms with Crippen molar-refractivity contribution in [3.05, 3.63) is 84.4 Å². The fourth-order valence-corrected chi connectivity index (χ4v) is 3.53. The van der Waals surface area contributed by atoms with E-state index >= 15 is 0 Å². The lowest BCUT2D eigenvalue weighted by atomic mass is 9.89. The molecule has 4 aromatic rings. The maximum absolute atomic E-state index is 5.62. The fourth-order valence-electron chi connectivity index (χ4n) is 3.53. The molecular formula is C22H16O. The van der Waals surface area contributed by atoms with Crippen LogP contribution < -0.4 is 0 Å². The summed E-state index contributed by atoms with van der Waals surface area (Å²) in [5.41, 5.74) is 3.92. The zero-order chi connectivity index (χ0) is 15.2. The summed E-state index contributed by atoms with van der Waals surface area (Å²) < 4.78 is 5.62. The third kappa shape index (κ3) is 2.05. The van der Waals surface area contributed by atoms with Gasteiger partial charge in [-0.25, -0.2) is 0 Å². The number of ether oxygens (including phenoxy) is 1. The van der Waals surface area contributed by atoms with Gasteiger partial charge in [-0.05, 0) is 38.2 Å². The van der Waals surface area contributed by atoms with E-state index in [1.54, 1.807) is 0 Å². The van der Waals surface area contributed by atoms with E-state index < -0.39 is 0 Å². The molecule has 110 valence electrons. The van der Waals surface area contributed by atoms with Gasteiger partial charge in [-0.1, -0.05) is 78.9 Å². The van der Waals surface area contributed by atoms with Crippen molar-refractivity contribution in [1.82, 2.24) is 0 Å². The normalized spacial score (nSPS) is 16.8. The van der Waals surface area contributed by atoms with E-state index in [-0.39, 0.29) is 6.10 Å². The number of benzene rings is 4. The Morgan fingerprint density at radius 3 is 2.09 bits per heavy atom. The average molecular weight is 296 g/mol. The molecule has 1 nitrogen and oxygen atoms in total. The van der Waals surface area contributed by atoms with Crippen LogP contribution in [0.2, 0.25) is 0 Å². The van der Waals surface area contributed by atoms with E-state index in [2.05, 4.69) is 78.9 Å². The van der Waals surface area contributed by atoms with Crippen LogP contribution >= 0.6 is 0 Å². The van der Waals surface area contributed by atoms with Crippen molar-refractivity contribution in [2.75, 3.05) is 6.61 Å². The number of fused-ring (bicyclic) bond motifs is 2. The average Bonchev–Trinajstić information content (AvgIpc) is 3.45.